The maximum atomic E-state index is 5.51. The van der Waals surface area contributed by atoms with E-state index in [0.717, 1.165) is 17.1 Å². The number of hydrazine groups is 1. The molecule has 2 aromatic rings. The predicted molar refractivity (Wildman–Crippen MR) is 70.1 cm³/mol. The van der Waals surface area contributed by atoms with Gasteiger partial charge in [0.05, 0.1) is 6.04 Å². The van der Waals surface area contributed by atoms with Gasteiger partial charge in [-0.15, -0.1) is 0 Å². The fourth-order valence-electron chi connectivity index (χ4n) is 1.89. The van der Waals surface area contributed by atoms with Crippen LogP contribution in [0.15, 0.2) is 22.7 Å². The molecule has 6 heteroatoms. The Morgan fingerprint density at radius 1 is 1.39 bits per heavy atom. The average Bonchev–Trinajstić information content (AvgIpc) is 2.69. The minimum Gasteiger partial charge on any atom is -0.466 e. The minimum atomic E-state index is 0.1000. The summed E-state index contributed by atoms with van der Waals surface area (Å²) in [6.07, 6.45) is 1.64. The van der Waals surface area contributed by atoms with Crippen molar-refractivity contribution in [2.75, 3.05) is 10.7 Å². The van der Waals surface area contributed by atoms with E-state index in [2.05, 4.69) is 27.6 Å². The quantitative estimate of drug-likeness (QED) is 0.566. The van der Waals surface area contributed by atoms with E-state index in [1.807, 2.05) is 19.9 Å². The van der Waals surface area contributed by atoms with Gasteiger partial charge < -0.3 is 9.73 Å². The summed E-state index contributed by atoms with van der Waals surface area (Å²) >= 11 is 0. The number of anilines is 2. The second-order valence-corrected chi connectivity index (χ2v) is 4.14. The number of hydrogen-bond acceptors (Lipinski definition) is 6. The van der Waals surface area contributed by atoms with Gasteiger partial charge in [-0.05, 0) is 32.9 Å². The van der Waals surface area contributed by atoms with Crippen molar-refractivity contribution < 1.29 is 4.42 Å². The second-order valence-electron chi connectivity index (χ2n) is 4.14. The number of furan rings is 1. The molecular formula is C12H17N5O. The summed E-state index contributed by atoms with van der Waals surface area (Å²) in [5.41, 5.74) is 3.53. The Bertz CT molecular complexity index is 537. The normalized spacial score (nSPS) is 12.2. The van der Waals surface area contributed by atoms with Gasteiger partial charge in [0.15, 0.2) is 0 Å². The van der Waals surface area contributed by atoms with Gasteiger partial charge in [0, 0.05) is 11.8 Å². The lowest BCUT2D eigenvalue weighted by atomic mass is 10.1. The Kier molecular flexibility index (Phi) is 3.47. The fraction of sp³-hybridized carbons (Fsp3) is 0.333. The molecule has 18 heavy (non-hydrogen) atoms. The van der Waals surface area contributed by atoms with Crippen molar-refractivity contribution in [1.82, 2.24) is 9.97 Å². The first-order chi connectivity index (χ1) is 8.60. The Labute approximate surface area is 106 Å². The molecule has 1 atom stereocenters. The first-order valence-electron chi connectivity index (χ1n) is 5.73. The smallest absolute Gasteiger partial charge is 0.239 e. The van der Waals surface area contributed by atoms with Gasteiger partial charge in [0.2, 0.25) is 5.95 Å². The molecule has 0 amide bonds. The molecule has 0 spiro atoms. The number of nitrogens with zero attached hydrogens (tertiary/aromatic N) is 2. The molecule has 2 heterocycles. The molecule has 0 aliphatic heterocycles. The van der Waals surface area contributed by atoms with E-state index in [4.69, 9.17) is 10.3 Å². The molecule has 0 aliphatic carbocycles. The van der Waals surface area contributed by atoms with Crippen LogP contribution in [0, 0.1) is 13.8 Å². The van der Waals surface area contributed by atoms with Crippen LogP contribution in [0.1, 0.15) is 30.0 Å². The third kappa shape index (κ3) is 2.60. The zero-order chi connectivity index (χ0) is 13.1. The van der Waals surface area contributed by atoms with Crippen LogP contribution in [0.2, 0.25) is 0 Å². The van der Waals surface area contributed by atoms with Gasteiger partial charge in [0.25, 0.3) is 0 Å². The lowest BCUT2D eigenvalue weighted by molar-refractivity contribution is 0.500. The van der Waals surface area contributed by atoms with E-state index in [1.165, 1.54) is 0 Å². The lowest BCUT2D eigenvalue weighted by Gasteiger charge is -2.14. The van der Waals surface area contributed by atoms with Crippen LogP contribution in [-0.4, -0.2) is 9.97 Å². The van der Waals surface area contributed by atoms with Crippen LogP contribution >= 0.6 is 0 Å². The summed E-state index contributed by atoms with van der Waals surface area (Å²) in [5.74, 6) is 8.19. The summed E-state index contributed by atoms with van der Waals surface area (Å²) in [4.78, 5) is 8.16. The number of nitrogens with two attached hydrogens (primary N) is 1. The van der Waals surface area contributed by atoms with Gasteiger partial charge in [-0.1, -0.05) is 0 Å². The van der Waals surface area contributed by atoms with E-state index in [0.29, 0.717) is 11.8 Å². The summed E-state index contributed by atoms with van der Waals surface area (Å²) in [5, 5.41) is 3.28. The monoisotopic (exact) mass is 247 g/mol. The molecule has 2 aromatic heterocycles. The number of aryl methyl sites for hydroxylation is 2. The number of nitrogen functional groups attached to an aromatic ring is 1. The van der Waals surface area contributed by atoms with Crippen molar-refractivity contribution in [3.8, 4) is 0 Å². The molecule has 0 fully saturated rings. The summed E-state index contributed by atoms with van der Waals surface area (Å²) in [7, 11) is 0. The molecule has 6 nitrogen and oxygen atoms in total. The van der Waals surface area contributed by atoms with Crippen LogP contribution in [0.4, 0.5) is 11.8 Å². The number of nitrogens with one attached hydrogen (secondary N) is 2. The standard InChI is InChI=1S/C12H17N5O/c1-7-6-10(9(3)18-7)8(2)15-11-4-5-14-12(16-11)17-13/h4-6,8H,13H2,1-3H3,(H2,14,15,16,17). The maximum Gasteiger partial charge on any atom is 0.239 e. The van der Waals surface area contributed by atoms with E-state index in [9.17, 15) is 0 Å². The van der Waals surface area contributed by atoms with Crippen LogP contribution in [0.3, 0.4) is 0 Å². The van der Waals surface area contributed by atoms with Crippen molar-refractivity contribution in [1.29, 1.82) is 0 Å². The number of hydrogen-bond donors (Lipinski definition) is 3. The van der Waals surface area contributed by atoms with Crippen molar-refractivity contribution in [3.05, 3.63) is 35.4 Å². The Balaban J connectivity index is 2.15. The lowest BCUT2D eigenvalue weighted by Crippen LogP contribution is -2.13. The van der Waals surface area contributed by atoms with E-state index >= 15 is 0 Å². The summed E-state index contributed by atoms with van der Waals surface area (Å²) < 4.78 is 5.51. The SMILES string of the molecule is Cc1cc(C(C)Nc2ccnc(NN)n2)c(C)o1. The highest BCUT2D eigenvalue weighted by atomic mass is 16.3. The average molecular weight is 247 g/mol. The molecular weight excluding hydrogens is 230 g/mol. The zero-order valence-corrected chi connectivity index (χ0v) is 10.7. The Hall–Kier alpha value is -2.08. The second kappa shape index (κ2) is 5.05. The summed E-state index contributed by atoms with van der Waals surface area (Å²) in [6, 6.07) is 3.92. The summed E-state index contributed by atoms with van der Waals surface area (Å²) in [6.45, 7) is 5.94. The van der Waals surface area contributed by atoms with E-state index < -0.39 is 0 Å². The van der Waals surface area contributed by atoms with Gasteiger partial charge in [-0.25, -0.2) is 10.8 Å². The molecule has 2 rings (SSSR count). The topological polar surface area (TPSA) is 89.0 Å². The predicted octanol–water partition coefficient (Wildman–Crippen LogP) is 2.15. The van der Waals surface area contributed by atoms with Gasteiger partial charge in [0.1, 0.15) is 17.3 Å². The van der Waals surface area contributed by atoms with Crippen molar-refractivity contribution in [2.45, 2.75) is 26.8 Å². The molecule has 0 bridgehead atoms. The molecule has 0 aliphatic rings. The first kappa shape index (κ1) is 12.4. The third-order valence-electron chi connectivity index (χ3n) is 2.69. The minimum absolute atomic E-state index is 0.1000. The van der Waals surface area contributed by atoms with Gasteiger partial charge in [-0.2, -0.15) is 4.98 Å². The molecule has 96 valence electrons. The molecule has 0 saturated heterocycles. The van der Waals surface area contributed by atoms with Crippen LogP contribution in [-0.2, 0) is 0 Å². The fourth-order valence-corrected chi connectivity index (χ4v) is 1.89. The Morgan fingerprint density at radius 3 is 2.78 bits per heavy atom. The third-order valence-corrected chi connectivity index (χ3v) is 2.69. The van der Waals surface area contributed by atoms with E-state index in [1.54, 1.807) is 12.3 Å². The number of aromatic nitrogens is 2. The molecule has 1 unspecified atom stereocenters. The highest BCUT2D eigenvalue weighted by Gasteiger charge is 2.13. The maximum absolute atomic E-state index is 5.51. The first-order valence-corrected chi connectivity index (χ1v) is 5.73. The molecule has 4 N–H and O–H groups in total. The van der Waals surface area contributed by atoms with Gasteiger partial charge >= 0.3 is 0 Å². The molecule has 0 radical (unpaired) electrons. The molecule has 0 saturated carbocycles. The highest BCUT2D eigenvalue weighted by molar-refractivity contribution is 5.42. The van der Waals surface area contributed by atoms with E-state index in [-0.39, 0.29) is 6.04 Å². The van der Waals surface area contributed by atoms with Crippen molar-refractivity contribution >= 4 is 11.8 Å². The van der Waals surface area contributed by atoms with Crippen molar-refractivity contribution in [3.63, 3.8) is 0 Å². The van der Waals surface area contributed by atoms with Gasteiger partial charge in [-0.3, -0.25) is 5.43 Å². The molecule has 0 aromatic carbocycles. The number of rotatable bonds is 4. The van der Waals surface area contributed by atoms with Crippen LogP contribution in [0.5, 0.6) is 0 Å². The van der Waals surface area contributed by atoms with Crippen LogP contribution < -0.4 is 16.6 Å². The highest BCUT2D eigenvalue weighted by Crippen LogP contribution is 2.24. The zero-order valence-electron chi connectivity index (χ0n) is 10.7. The van der Waals surface area contributed by atoms with Crippen LogP contribution in [0.25, 0.3) is 0 Å². The Morgan fingerprint density at radius 2 is 2.17 bits per heavy atom. The largest absolute Gasteiger partial charge is 0.466 e. The van der Waals surface area contributed by atoms with Crippen molar-refractivity contribution in [2.24, 2.45) is 5.84 Å².